The fourth-order valence-corrected chi connectivity index (χ4v) is 2.53. The molecule has 7 nitrogen and oxygen atoms in total. The molecule has 0 aromatic carbocycles. The Labute approximate surface area is 146 Å². The summed E-state index contributed by atoms with van der Waals surface area (Å²) in [6.07, 6.45) is 4.29. The smallest absolute Gasteiger partial charge is 0.249 e. The zero-order chi connectivity index (χ0) is 17.8. The second kappa shape index (κ2) is 7.38. The molecule has 3 aromatic heterocycles. The molecule has 0 amide bonds. The molecule has 25 heavy (non-hydrogen) atoms. The Bertz CT molecular complexity index is 831. The lowest BCUT2D eigenvalue weighted by Gasteiger charge is -2.19. The molecule has 0 aliphatic carbocycles. The molecule has 0 saturated carbocycles. The molecule has 0 spiro atoms. The highest BCUT2D eigenvalue weighted by atomic mass is 16.5. The summed E-state index contributed by atoms with van der Waals surface area (Å²) in [5.74, 6) is 2.81. The molecule has 0 fully saturated rings. The molecular weight excluding hydrogens is 316 g/mol. The van der Waals surface area contributed by atoms with E-state index in [1.165, 1.54) is 0 Å². The summed E-state index contributed by atoms with van der Waals surface area (Å²) in [4.78, 5) is 17.5. The third-order valence-corrected chi connectivity index (χ3v) is 3.85. The summed E-state index contributed by atoms with van der Waals surface area (Å²) in [6.45, 7) is 8.16. The topological polar surface area (TPSA) is 89.6 Å². The lowest BCUT2D eigenvalue weighted by atomic mass is 10.0. The van der Waals surface area contributed by atoms with Gasteiger partial charge in [-0.2, -0.15) is 4.98 Å². The Balaban J connectivity index is 1.87. The minimum absolute atomic E-state index is 0.142. The zero-order valence-electron chi connectivity index (χ0n) is 14.9. The predicted octanol–water partition coefficient (Wildman–Crippen LogP) is 3.60. The van der Waals surface area contributed by atoms with Crippen LogP contribution in [-0.2, 0) is 6.42 Å². The lowest BCUT2D eigenvalue weighted by molar-refractivity contribution is 0.335. The molecule has 130 valence electrons. The van der Waals surface area contributed by atoms with Gasteiger partial charge < -0.3 is 9.84 Å². The van der Waals surface area contributed by atoms with Crippen molar-refractivity contribution in [1.29, 1.82) is 0 Å². The van der Waals surface area contributed by atoms with Crippen molar-refractivity contribution in [2.24, 2.45) is 5.92 Å². The van der Waals surface area contributed by atoms with Crippen LogP contribution in [0.25, 0.3) is 11.4 Å². The maximum Gasteiger partial charge on any atom is 0.249 e. The average molecular weight is 338 g/mol. The highest BCUT2D eigenvalue weighted by molar-refractivity contribution is 5.52. The van der Waals surface area contributed by atoms with Crippen LogP contribution in [0, 0.1) is 12.8 Å². The van der Waals surface area contributed by atoms with Gasteiger partial charge in [-0.1, -0.05) is 25.9 Å². The van der Waals surface area contributed by atoms with Crippen LogP contribution in [0.4, 0.5) is 5.82 Å². The first-order valence-corrected chi connectivity index (χ1v) is 8.42. The van der Waals surface area contributed by atoms with E-state index >= 15 is 0 Å². The third kappa shape index (κ3) is 3.99. The summed E-state index contributed by atoms with van der Waals surface area (Å²) >= 11 is 0. The number of hydrogen-bond donors (Lipinski definition) is 1. The SMILES string of the molecule is CCc1cc(NC(c2nc(-c3cccnc3)no2)C(C)C)nc(C)n1. The fourth-order valence-electron chi connectivity index (χ4n) is 2.53. The second-order valence-electron chi connectivity index (χ2n) is 6.21. The Morgan fingerprint density at radius 3 is 2.72 bits per heavy atom. The second-order valence-corrected chi connectivity index (χ2v) is 6.21. The number of aryl methyl sites for hydroxylation is 2. The van der Waals surface area contributed by atoms with Gasteiger partial charge in [-0.05, 0) is 31.4 Å². The number of nitrogens with zero attached hydrogens (tertiary/aromatic N) is 5. The summed E-state index contributed by atoms with van der Waals surface area (Å²) < 4.78 is 5.51. The normalized spacial score (nSPS) is 12.4. The van der Waals surface area contributed by atoms with Gasteiger partial charge in [0.1, 0.15) is 17.7 Å². The standard InChI is InChI=1S/C18H22N6O/c1-5-14-9-15(21-12(4)20-14)22-16(11(2)3)18-23-17(24-25-18)13-7-6-8-19-10-13/h6-11,16H,5H2,1-4H3,(H,20,21,22). The van der Waals surface area contributed by atoms with Crippen molar-refractivity contribution in [3.05, 3.63) is 48.0 Å². The van der Waals surface area contributed by atoms with Gasteiger partial charge in [-0.15, -0.1) is 0 Å². The third-order valence-electron chi connectivity index (χ3n) is 3.85. The van der Waals surface area contributed by atoms with Crippen LogP contribution in [0.1, 0.15) is 44.2 Å². The van der Waals surface area contributed by atoms with E-state index < -0.39 is 0 Å². The van der Waals surface area contributed by atoms with Crippen LogP contribution in [0.5, 0.6) is 0 Å². The highest BCUT2D eigenvalue weighted by Gasteiger charge is 2.23. The molecule has 7 heteroatoms. The molecule has 1 N–H and O–H groups in total. The van der Waals surface area contributed by atoms with E-state index in [0.717, 1.165) is 29.3 Å². The molecule has 3 rings (SSSR count). The minimum atomic E-state index is -0.142. The molecule has 3 heterocycles. The largest absolute Gasteiger partial charge is 0.358 e. The Morgan fingerprint density at radius 1 is 1.20 bits per heavy atom. The van der Waals surface area contributed by atoms with Crippen molar-refractivity contribution in [3.63, 3.8) is 0 Å². The Hall–Kier alpha value is -2.83. The van der Waals surface area contributed by atoms with E-state index in [4.69, 9.17) is 4.52 Å². The molecule has 0 saturated heterocycles. The lowest BCUT2D eigenvalue weighted by Crippen LogP contribution is -2.18. The highest BCUT2D eigenvalue weighted by Crippen LogP contribution is 2.26. The van der Waals surface area contributed by atoms with Gasteiger partial charge in [0.2, 0.25) is 11.7 Å². The summed E-state index contributed by atoms with van der Waals surface area (Å²) in [7, 11) is 0. The van der Waals surface area contributed by atoms with Crippen LogP contribution in [0.2, 0.25) is 0 Å². The van der Waals surface area contributed by atoms with Crippen LogP contribution < -0.4 is 5.32 Å². The number of rotatable bonds is 6. The van der Waals surface area contributed by atoms with E-state index in [2.05, 4.69) is 51.2 Å². The number of anilines is 1. The van der Waals surface area contributed by atoms with Gasteiger partial charge in [0.15, 0.2) is 0 Å². The van der Waals surface area contributed by atoms with E-state index in [0.29, 0.717) is 11.7 Å². The van der Waals surface area contributed by atoms with Crippen LogP contribution in [0.3, 0.4) is 0 Å². The number of nitrogens with one attached hydrogen (secondary N) is 1. The monoisotopic (exact) mass is 338 g/mol. The molecule has 0 aliphatic heterocycles. The molecule has 1 atom stereocenters. The van der Waals surface area contributed by atoms with Crippen molar-refractivity contribution >= 4 is 5.82 Å². The number of pyridine rings is 1. The first-order valence-electron chi connectivity index (χ1n) is 8.42. The van der Waals surface area contributed by atoms with E-state index in [1.807, 2.05) is 25.1 Å². The zero-order valence-corrected chi connectivity index (χ0v) is 14.9. The van der Waals surface area contributed by atoms with Gasteiger partial charge in [0.05, 0.1) is 0 Å². The van der Waals surface area contributed by atoms with Gasteiger partial charge in [-0.25, -0.2) is 9.97 Å². The van der Waals surface area contributed by atoms with Gasteiger partial charge >= 0.3 is 0 Å². The Morgan fingerprint density at radius 2 is 2.04 bits per heavy atom. The van der Waals surface area contributed by atoms with Crippen LogP contribution in [0.15, 0.2) is 35.1 Å². The van der Waals surface area contributed by atoms with Gasteiger partial charge in [-0.3, -0.25) is 4.98 Å². The van der Waals surface area contributed by atoms with E-state index in [9.17, 15) is 0 Å². The number of aromatic nitrogens is 5. The van der Waals surface area contributed by atoms with Crippen molar-refractivity contribution in [2.45, 2.75) is 40.2 Å². The van der Waals surface area contributed by atoms with Gasteiger partial charge in [0, 0.05) is 29.7 Å². The fraction of sp³-hybridized carbons (Fsp3) is 0.389. The molecule has 3 aromatic rings. The van der Waals surface area contributed by atoms with Crippen molar-refractivity contribution in [2.75, 3.05) is 5.32 Å². The van der Waals surface area contributed by atoms with Crippen molar-refractivity contribution in [3.8, 4) is 11.4 Å². The minimum Gasteiger partial charge on any atom is -0.358 e. The van der Waals surface area contributed by atoms with E-state index in [1.54, 1.807) is 12.4 Å². The summed E-state index contributed by atoms with van der Waals surface area (Å²) in [6, 6.07) is 5.57. The average Bonchev–Trinajstić information content (AvgIpc) is 3.09. The maximum absolute atomic E-state index is 5.51. The first kappa shape index (κ1) is 17.0. The summed E-state index contributed by atoms with van der Waals surface area (Å²) in [5.41, 5.74) is 1.82. The molecule has 1 unspecified atom stereocenters. The summed E-state index contributed by atoms with van der Waals surface area (Å²) in [5, 5.41) is 7.50. The number of hydrogen-bond acceptors (Lipinski definition) is 7. The van der Waals surface area contributed by atoms with E-state index in [-0.39, 0.29) is 12.0 Å². The Kier molecular flexibility index (Phi) is 5.02. The first-order chi connectivity index (χ1) is 12.1. The molecular formula is C18H22N6O. The predicted molar refractivity (Wildman–Crippen MR) is 94.9 cm³/mol. The molecule has 0 radical (unpaired) electrons. The maximum atomic E-state index is 5.51. The van der Waals surface area contributed by atoms with Crippen molar-refractivity contribution in [1.82, 2.24) is 25.1 Å². The molecule has 0 bridgehead atoms. The van der Waals surface area contributed by atoms with Crippen molar-refractivity contribution < 1.29 is 4.52 Å². The van der Waals surface area contributed by atoms with Crippen LogP contribution in [-0.4, -0.2) is 25.1 Å². The van der Waals surface area contributed by atoms with Gasteiger partial charge in [0.25, 0.3) is 0 Å². The van der Waals surface area contributed by atoms with Crippen LogP contribution >= 0.6 is 0 Å². The molecule has 0 aliphatic rings. The quantitative estimate of drug-likeness (QED) is 0.734.